The minimum absolute atomic E-state index is 0.0406. The van der Waals surface area contributed by atoms with E-state index in [2.05, 4.69) is 10.3 Å². The van der Waals surface area contributed by atoms with Gasteiger partial charge in [-0.15, -0.1) is 0 Å². The highest BCUT2D eigenvalue weighted by Gasteiger charge is 2.45. The predicted octanol–water partition coefficient (Wildman–Crippen LogP) is -2.56. The molecular formula is C15H22N4O8. The van der Waals surface area contributed by atoms with Gasteiger partial charge in [-0.25, -0.2) is 4.79 Å². The standard InChI is InChI=1S/C14H20N4O6.CH2O2/c15-9-3-5-18(14(22)17-9)12-11(20)10(19)8(24-12)6-23-13(21)7-2-1-4-16-7;2-1-3/h3,5,7-8,10-12,16,19-20H,1-2,4,6H2,(H2,15,17,22);1H,(H,2,3)/t7?,8-,10-,11+,12-;/m1./s1. The molecule has 5 atom stereocenters. The van der Waals surface area contributed by atoms with Crippen molar-refractivity contribution >= 4 is 18.3 Å². The first kappa shape index (κ1) is 20.8. The molecule has 2 aliphatic rings. The number of esters is 1. The minimum atomic E-state index is -1.36. The molecule has 0 aliphatic carbocycles. The third-order valence-electron chi connectivity index (χ3n) is 4.20. The largest absolute Gasteiger partial charge is 0.483 e. The summed E-state index contributed by atoms with van der Waals surface area (Å²) in [6, 6.07) is 1.02. The maximum absolute atomic E-state index is 11.9. The lowest BCUT2D eigenvalue weighted by Crippen LogP contribution is -2.38. The molecule has 0 bridgehead atoms. The number of aliphatic hydroxyl groups is 2. The molecule has 150 valence electrons. The van der Waals surface area contributed by atoms with Crippen LogP contribution in [0.1, 0.15) is 19.1 Å². The molecule has 12 nitrogen and oxygen atoms in total. The van der Waals surface area contributed by atoms with Crippen molar-refractivity contribution in [2.45, 2.75) is 43.4 Å². The van der Waals surface area contributed by atoms with Gasteiger partial charge in [0, 0.05) is 6.20 Å². The van der Waals surface area contributed by atoms with Gasteiger partial charge >= 0.3 is 11.7 Å². The topological polar surface area (TPSA) is 186 Å². The van der Waals surface area contributed by atoms with Gasteiger partial charge in [-0.2, -0.15) is 4.98 Å². The van der Waals surface area contributed by atoms with E-state index in [1.54, 1.807) is 0 Å². The number of nitrogens with one attached hydrogen (secondary N) is 1. The van der Waals surface area contributed by atoms with E-state index >= 15 is 0 Å². The van der Waals surface area contributed by atoms with Crippen molar-refractivity contribution in [3.05, 3.63) is 22.7 Å². The zero-order chi connectivity index (χ0) is 20.0. The molecule has 2 saturated heterocycles. The molecule has 3 rings (SSSR count). The van der Waals surface area contributed by atoms with Crippen LogP contribution in [0.25, 0.3) is 0 Å². The lowest BCUT2D eigenvalue weighted by molar-refractivity contribution is -0.152. The van der Waals surface area contributed by atoms with Gasteiger partial charge in [0.1, 0.15) is 36.8 Å². The molecule has 6 N–H and O–H groups in total. The number of ether oxygens (including phenoxy) is 2. The van der Waals surface area contributed by atoms with Crippen LogP contribution >= 0.6 is 0 Å². The van der Waals surface area contributed by atoms with Crippen LogP contribution in [0.3, 0.4) is 0 Å². The van der Waals surface area contributed by atoms with Gasteiger partial charge in [0.2, 0.25) is 0 Å². The highest BCUT2D eigenvalue weighted by atomic mass is 16.6. The Hall–Kier alpha value is -2.54. The number of aromatic nitrogens is 2. The number of nitrogens with two attached hydrogens (primary N) is 1. The van der Waals surface area contributed by atoms with Crippen molar-refractivity contribution in [2.24, 2.45) is 0 Å². The molecule has 12 heteroatoms. The van der Waals surface area contributed by atoms with E-state index in [4.69, 9.17) is 25.1 Å². The van der Waals surface area contributed by atoms with Crippen LogP contribution in [0.15, 0.2) is 17.1 Å². The van der Waals surface area contributed by atoms with Crippen LogP contribution in [0.4, 0.5) is 5.82 Å². The van der Waals surface area contributed by atoms with Crippen molar-refractivity contribution in [1.29, 1.82) is 0 Å². The van der Waals surface area contributed by atoms with Gasteiger partial charge in [-0.1, -0.05) is 0 Å². The third-order valence-corrected chi connectivity index (χ3v) is 4.20. The summed E-state index contributed by atoms with van der Waals surface area (Å²) in [6.07, 6.45) is -1.82. The Morgan fingerprint density at radius 1 is 1.48 bits per heavy atom. The summed E-state index contributed by atoms with van der Waals surface area (Å²) < 4.78 is 11.7. The Labute approximate surface area is 153 Å². The molecule has 2 aliphatic heterocycles. The molecule has 0 saturated carbocycles. The Kier molecular flexibility index (Phi) is 7.24. The summed E-state index contributed by atoms with van der Waals surface area (Å²) in [4.78, 5) is 35.6. The zero-order valence-corrected chi connectivity index (χ0v) is 14.3. The summed E-state index contributed by atoms with van der Waals surface area (Å²) in [5.41, 5.74) is 4.71. The molecule has 1 aromatic heterocycles. The fourth-order valence-electron chi connectivity index (χ4n) is 2.87. The molecule has 1 unspecified atom stereocenters. The summed E-state index contributed by atoms with van der Waals surface area (Å²) in [5, 5.41) is 30.1. The van der Waals surface area contributed by atoms with Crippen molar-refractivity contribution in [2.75, 3.05) is 18.9 Å². The molecule has 3 heterocycles. The summed E-state index contributed by atoms with van der Waals surface area (Å²) in [6.45, 7) is 0.291. The smallest absolute Gasteiger partial charge is 0.351 e. The van der Waals surface area contributed by atoms with E-state index in [1.807, 2.05) is 0 Å². The quantitative estimate of drug-likeness (QED) is 0.271. The number of aliphatic hydroxyl groups excluding tert-OH is 2. The van der Waals surface area contributed by atoms with Crippen LogP contribution in [-0.4, -0.2) is 74.8 Å². The summed E-state index contributed by atoms with van der Waals surface area (Å²) in [5.74, 6) is -0.383. The maximum atomic E-state index is 11.9. The van der Waals surface area contributed by atoms with Gasteiger partial charge in [-0.05, 0) is 25.5 Å². The Bertz CT molecular complexity index is 705. The van der Waals surface area contributed by atoms with Gasteiger partial charge in [0.25, 0.3) is 6.47 Å². The normalized spacial score (nSPS) is 29.6. The van der Waals surface area contributed by atoms with Crippen LogP contribution in [-0.2, 0) is 19.1 Å². The fraction of sp³-hybridized carbons (Fsp3) is 0.600. The number of carbonyl (C=O) groups excluding carboxylic acids is 1. The van der Waals surface area contributed by atoms with E-state index in [0.717, 1.165) is 17.5 Å². The molecule has 0 spiro atoms. The molecule has 2 fully saturated rings. The lowest BCUT2D eigenvalue weighted by Gasteiger charge is -2.17. The van der Waals surface area contributed by atoms with Crippen LogP contribution in [0.5, 0.6) is 0 Å². The second kappa shape index (κ2) is 9.41. The van der Waals surface area contributed by atoms with Crippen molar-refractivity contribution in [3.8, 4) is 0 Å². The number of nitrogens with zero attached hydrogens (tertiary/aromatic N) is 2. The first-order valence-corrected chi connectivity index (χ1v) is 8.23. The van der Waals surface area contributed by atoms with Gasteiger partial charge in [-0.3, -0.25) is 14.2 Å². The fourth-order valence-corrected chi connectivity index (χ4v) is 2.87. The van der Waals surface area contributed by atoms with Crippen molar-refractivity contribution in [1.82, 2.24) is 14.9 Å². The predicted molar refractivity (Wildman–Crippen MR) is 89.5 cm³/mol. The molecule has 0 aromatic carbocycles. The Morgan fingerprint density at radius 3 is 2.78 bits per heavy atom. The maximum Gasteiger partial charge on any atom is 0.351 e. The number of hydrogen-bond donors (Lipinski definition) is 5. The molecule has 0 amide bonds. The number of rotatable bonds is 4. The van der Waals surface area contributed by atoms with Gasteiger partial charge in [0.05, 0.1) is 0 Å². The first-order valence-electron chi connectivity index (χ1n) is 8.23. The third kappa shape index (κ3) is 5.01. The summed E-state index contributed by atoms with van der Waals surface area (Å²) in [7, 11) is 0. The molecule has 1 aromatic rings. The van der Waals surface area contributed by atoms with Gasteiger partial charge < -0.3 is 35.8 Å². The van der Waals surface area contributed by atoms with E-state index in [1.165, 1.54) is 12.3 Å². The average Bonchev–Trinajstić information content (AvgIpc) is 3.25. The number of anilines is 1. The highest BCUT2D eigenvalue weighted by Crippen LogP contribution is 2.28. The van der Waals surface area contributed by atoms with E-state index in [-0.39, 0.29) is 24.9 Å². The number of carbonyl (C=O) groups is 2. The SMILES string of the molecule is Nc1ccn([C@@H]2O[C@H](COC(=O)C3CCCN3)[C@@H](O)[C@@H]2O)c(=O)n1.O=CO. The van der Waals surface area contributed by atoms with E-state index < -0.39 is 36.2 Å². The monoisotopic (exact) mass is 386 g/mol. The minimum Gasteiger partial charge on any atom is -0.483 e. The highest BCUT2D eigenvalue weighted by molar-refractivity contribution is 5.76. The zero-order valence-electron chi connectivity index (χ0n) is 14.3. The molecular weight excluding hydrogens is 364 g/mol. The van der Waals surface area contributed by atoms with E-state index in [9.17, 15) is 19.8 Å². The van der Waals surface area contributed by atoms with Crippen LogP contribution < -0.4 is 16.7 Å². The molecule has 27 heavy (non-hydrogen) atoms. The van der Waals surface area contributed by atoms with Crippen LogP contribution in [0, 0.1) is 0 Å². The average molecular weight is 386 g/mol. The molecule has 0 radical (unpaired) electrons. The number of carboxylic acid groups (broad SMARTS) is 1. The lowest BCUT2D eigenvalue weighted by atomic mass is 10.1. The number of hydrogen-bond acceptors (Lipinski definition) is 10. The van der Waals surface area contributed by atoms with Crippen LogP contribution in [0.2, 0.25) is 0 Å². The second-order valence-electron chi connectivity index (χ2n) is 5.97. The Morgan fingerprint density at radius 2 is 2.19 bits per heavy atom. The first-order chi connectivity index (χ1) is 12.9. The number of nitrogen functional groups attached to an aromatic ring is 1. The van der Waals surface area contributed by atoms with Crippen molar-refractivity contribution in [3.63, 3.8) is 0 Å². The van der Waals surface area contributed by atoms with E-state index in [0.29, 0.717) is 6.42 Å². The Balaban J connectivity index is 0.000000817. The van der Waals surface area contributed by atoms with Crippen molar-refractivity contribution < 1.29 is 34.4 Å². The summed E-state index contributed by atoms with van der Waals surface area (Å²) >= 11 is 0. The second-order valence-corrected chi connectivity index (χ2v) is 5.97. The van der Waals surface area contributed by atoms with Gasteiger partial charge in [0.15, 0.2) is 6.23 Å².